The Bertz CT molecular complexity index is 1060. The molecule has 0 aliphatic rings. The Morgan fingerprint density at radius 2 is 1.81 bits per heavy atom. The smallest absolute Gasteiger partial charge is 0.243 e. The van der Waals surface area contributed by atoms with E-state index in [0.29, 0.717) is 0 Å². The Morgan fingerprint density at radius 3 is 2.50 bits per heavy atom. The van der Waals surface area contributed by atoms with E-state index >= 15 is 0 Å². The number of hydrogen-bond donors (Lipinski definition) is 3. The van der Waals surface area contributed by atoms with Gasteiger partial charge in [-0.05, 0) is 63.2 Å². The van der Waals surface area contributed by atoms with E-state index in [2.05, 4.69) is 20.6 Å². The predicted molar refractivity (Wildman–Crippen MR) is 122 cm³/mol. The fourth-order valence-corrected chi connectivity index (χ4v) is 3.38. The summed E-state index contributed by atoms with van der Waals surface area (Å²) in [6.07, 6.45) is 3.76. The quantitative estimate of drug-likeness (QED) is 0.478. The molecule has 2 atom stereocenters. The Balaban J connectivity index is 1.71. The molecule has 2 amide bonds. The van der Waals surface area contributed by atoms with Gasteiger partial charge in [-0.25, -0.2) is 9.37 Å². The lowest BCUT2D eigenvalue weighted by molar-refractivity contribution is -0.131. The normalized spacial score (nSPS) is 13.3. The molecule has 2 heterocycles. The zero-order valence-electron chi connectivity index (χ0n) is 18.9. The Labute approximate surface area is 187 Å². The number of nitrogens with one attached hydrogen (secondary N) is 3. The topological polar surface area (TPSA) is 90.1 Å². The Morgan fingerprint density at radius 1 is 1.09 bits per heavy atom. The molecule has 3 N–H and O–H groups in total. The molecular weight excluding hydrogens is 409 g/mol. The largest absolute Gasteiger partial charge is 0.350 e. The number of halogens is 1. The molecule has 3 aromatic rings. The van der Waals surface area contributed by atoms with Crippen molar-refractivity contribution in [3.63, 3.8) is 0 Å². The van der Waals surface area contributed by atoms with Crippen LogP contribution in [-0.2, 0) is 22.6 Å². The van der Waals surface area contributed by atoms with Crippen molar-refractivity contribution >= 4 is 22.8 Å². The number of hydrogen-bond acceptors (Lipinski definition) is 4. The summed E-state index contributed by atoms with van der Waals surface area (Å²) in [7, 11) is 1.87. The van der Waals surface area contributed by atoms with Gasteiger partial charge < -0.3 is 15.6 Å². The highest BCUT2D eigenvalue weighted by Crippen LogP contribution is 2.12. The number of carbonyl (C=O) groups excluding carboxylic acids is 2. The molecule has 32 heavy (non-hydrogen) atoms. The van der Waals surface area contributed by atoms with Gasteiger partial charge in [0.05, 0.1) is 6.04 Å². The summed E-state index contributed by atoms with van der Waals surface area (Å²) in [6, 6.07) is 8.78. The first-order chi connectivity index (χ1) is 15.2. The summed E-state index contributed by atoms with van der Waals surface area (Å²) in [5.74, 6) is -0.895. The van der Waals surface area contributed by atoms with Crippen LogP contribution in [-0.4, -0.2) is 51.9 Å². The second-order valence-electron chi connectivity index (χ2n) is 8.30. The van der Waals surface area contributed by atoms with Gasteiger partial charge in [-0.3, -0.25) is 14.5 Å². The predicted octanol–water partition coefficient (Wildman–Crippen LogP) is 2.77. The lowest BCUT2D eigenvalue weighted by atomic mass is 10.0. The fraction of sp³-hybridized carbons (Fsp3) is 0.375. The number of likely N-dealkylation sites (N-methyl/N-ethyl adjacent to an activating group) is 1. The molecule has 0 fully saturated rings. The molecule has 0 bridgehead atoms. The third kappa shape index (κ3) is 5.91. The summed E-state index contributed by atoms with van der Waals surface area (Å²) in [5.41, 5.74) is 2.39. The fourth-order valence-electron chi connectivity index (χ4n) is 3.38. The zero-order valence-corrected chi connectivity index (χ0v) is 18.9. The molecule has 0 aliphatic heterocycles. The van der Waals surface area contributed by atoms with Crippen LogP contribution in [0.4, 0.5) is 4.39 Å². The van der Waals surface area contributed by atoms with E-state index in [1.54, 1.807) is 25.3 Å². The maximum Gasteiger partial charge on any atom is 0.243 e. The minimum atomic E-state index is -0.792. The van der Waals surface area contributed by atoms with Gasteiger partial charge in [0, 0.05) is 36.8 Å². The van der Waals surface area contributed by atoms with Crippen LogP contribution in [0, 0.1) is 5.82 Å². The van der Waals surface area contributed by atoms with Crippen molar-refractivity contribution in [1.82, 2.24) is 25.5 Å². The van der Waals surface area contributed by atoms with Gasteiger partial charge in [0.2, 0.25) is 11.8 Å². The van der Waals surface area contributed by atoms with Gasteiger partial charge in [-0.2, -0.15) is 0 Å². The molecule has 0 unspecified atom stereocenters. The SMILES string of the molecule is CC(C)N(C)[C@@H](C)C(=O)N[C@@H](Cc1ccc(F)cc1)C(=O)NCc1cnc2[nH]ccc2c1. The number of aromatic nitrogens is 2. The number of H-pyrrole nitrogens is 1. The maximum absolute atomic E-state index is 13.3. The summed E-state index contributed by atoms with van der Waals surface area (Å²) >= 11 is 0. The van der Waals surface area contributed by atoms with E-state index in [4.69, 9.17) is 0 Å². The van der Waals surface area contributed by atoms with Gasteiger partial charge >= 0.3 is 0 Å². The summed E-state index contributed by atoms with van der Waals surface area (Å²) in [5, 5.41) is 6.72. The number of nitrogens with zero attached hydrogens (tertiary/aromatic N) is 2. The number of benzene rings is 1. The van der Waals surface area contributed by atoms with Crippen LogP contribution in [0.1, 0.15) is 31.9 Å². The Kier molecular flexibility index (Phi) is 7.58. The van der Waals surface area contributed by atoms with Crippen LogP contribution in [0.25, 0.3) is 11.0 Å². The van der Waals surface area contributed by atoms with E-state index in [1.807, 2.05) is 44.1 Å². The van der Waals surface area contributed by atoms with Gasteiger partial charge in [-0.15, -0.1) is 0 Å². The van der Waals surface area contributed by atoms with Crippen molar-refractivity contribution < 1.29 is 14.0 Å². The van der Waals surface area contributed by atoms with Crippen molar-refractivity contribution in [1.29, 1.82) is 0 Å². The number of amides is 2. The highest BCUT2D eigenvalue weighted by Gasteiger charge is 2.26. The van der Waals surface area contributed by atoms with E-state index in [-0.39, 0.29) is 36.6 Å². The summed E-state index contributed by atoms with van der Waals surface area (Å²) in [4.78, 5) is 35.1. The first-order valence-corrected chi connectivity index (χ1v) is 10.7. The molecule has 3 rings (SSSR count). The van der Waals surface area contributed by atoms with Gasteiger partial charge in [0.25, 0.3) is 0 Å². The van der Waals surface area contributed by atoms with Crippen LogP contribution in [0.15, 0.2) is 48.8 Å². The highest BCUT2D eigenvalue weighted by atomic mass is 19.1. The second kappa shape index (κ2) is 10.4. The standard InChI is InChI=1S/C24H30FN5O2/c1-15(2)30(4)16(3)23(31)29-21(12-17-5-7-20(25)8-6-17)24(32)28-14-18-11-19-9-10-26-22(19)27-13-18/h5-11,13,15-16,21H,12,14H2,1-4H3,(H,26,27)(H,28,32)(H,29,31)/t16-,21-/m0/s1. The number of carbonyl (C=O) groups is 2. The highest BCUT2D eigenvalue weighted by molar-refractivity contribution is 5.90. The molecule has 2 aromatic heterocycles. The number of fused-ring (bicyclic) bond motifs is 1. The molecule has 0 saturated heterocycles. The van der Waals surface area contributed by atoms with Crippen molar-refractivity contribution in [3.8, 4) is 0 Å². The lowest BCUT2D eigenvalue weighted by Crippen LogP contribution is -2.53. The van der Waals surface area contributed by atoms with E-state index in [0.717, 1.165) is 22.2 Å². The van der Waals surface area contributed by atoms with Crippen LogP contribution in [0.3, 0.4) is 0 Å². The lowest BCUT2D eigenvalue weighted by Gasteiger charge is -2.29. The third-order valence-electron chi connectivity index (χ3n) is 5.71. The number of pyridine rings is 1. The van der Waals surface area contributed by atoms with E-state index in [1.165, 1.54) is 12.1 Å². The molecule has 7 nitrogen and oxygen atoms in total. The van der Waals surface area contributed by atoms with Crippen molar-refractivity contribution in [3.05, 3.63) is 65.7 Å². The van der Waals surface area contributed by atoms with Crippen molar-refractivity contribution in [2.75, 3.05) is 7.05 Å². The van der Waals surface area contributed by atoms with Crippen LogP contribution in [0.2, 0.25) is 0 Å². The van der Waals surface area contributed by atoms with Gasteiger partial charge in [0.15, 0.2) is 0 Å². The average Bonchev–Trinajstić information content (AvgIpc) is 3.25. The molecule has 0 aliphatic carbocycles. The molecule has 1 aromatic carbocycles. The first-order valence-electron chi connectivity index (χ1n) is 10.7. The molecular formula is C24H30FN5O2. The summed E-state index contributed by atoms with van der Waals surface area (Å²) in [6.45, 7) is 6.09. The summed E-state index contributed by atoms with van der Waals surface area (Å²) < 4.78 is 13.3. The minimum Gasteiger partial charge on any atom is -0.350 e. The third-order valence-corrected chi connectivity index (χ3v) is 5.71. The van der Waals surface area contributed by atoms with Crippen LogP contribution < -0.4 is 10.6 Å². The van der Waals surface area contributed by atoms with E-state index < -0.39 is 12.1 Å². The molecule has 0 radical (unpaired) electrons. The zero-order chi connectivity index (χ0) is 23.3. The number of rotatable bonds is 9. The molecule has 170 valence electrons. The van der Waals surface area contributed by atoms with E-state index in [9.17, 15) is 14.0 Å². The Hall–Kier alpha value is -3.26. The van der Waals surface area contributed by atoms with Gasteiger partial charge in [-0.1, -0.05) is 12.1 Å². The van der Waals surface area contributed by atoms with Crippen molar-refractivity contribution in [2.45, 2.75) is 51.9 Å². The molecule has 0 spiro atoms. The molecule has 8 heteroatoms. The monoisotopic (exact) mass is 439 g/mol. The number of aromatic amines is 1. The van der Waals surface area contributed by atoms with Crippen molar-refractivity contribution in [2.24, 2.45) is 0 Å². The first kappa shape index (κ1) is 23.4. The van der Waals surface area contributed by atoms with Crippen LogP contribution >= 0.6 is 0 Å². The molecule has 0 saturated carbocycles. The minimum absolute atomic E-state index is 0.177. The van der Waals surface area contributed by atoms with Gasteiger partial charge in [0.1, 0.15) is 17.5 Å². The average molecular weight is 440 g/mol. The second-order valence-corrected chi connectivity index (χ2v) is 8.30. The van der Waals surface area contributed by atoms with Crippen LogP contribution in [0.5, 0.6) is 0 Å². The maximum atomic E-state index is 13.3.